The van der Waals surface area contributed by atoms with Gasteiger partial charge in [-0.15, -0.1) is 0 Å². The zero-order chi connectivity index (χ0) is 12.3. The van der Waals surface area contributed by atoms with Gasteiger partial charge in [0.15, 0.2) is 0 Å². The molecule has 94 valence electrons. The van der Waals surface area contributed by atoms with E-state index in [4.69, 9.17) is 0 Å². The van der Waals surface area contributed by atoms with Crippen molar-refractivity contribution in [3.8, 4) is 0 Å². The number of H-pyrrole nitrogens is 1. The van der Waals surface area contributed by atoms with E-state index < -0.39 is 0 Å². The Morgan fingerprint density at radius 1 is 1.71 bits per heavy atom. The van der Waals surface area contributed by atoms with E-state index in [1.807, 2.05) is 7.05 Å². The number of nitrogens with zero attached hydrogens (tertiary/aromatic N) is 4. The van der Waals surface area contributed by atoms with Gasteiger partial charge in [-0.25, -0.2) is 4.98 Å². The van der Waals surface area contributed by atoms with Crippen LogP contribution in [0.25, 0.3) is 0 Å². The molecule has 1 fully saturated rings. The van der Waals surface area contributed by atoms with Crippen molar-refractivity contribution in [2.24, 2.45) is 0 Å². The summed E-state index contributed by atoms with van der Waals surface area (Å²) in [6.07, 6.45) is 3.75. The zero-order valence-electron chi connectivity index (χ0n) is 10.4. The molecule has 0 aliphatic carbocycles. The smallest absolute Gasteiger partial charge is 0.290 e. The molecule has 1 aliphatic heterocycles. The van der Waals surface area contributed by atoms with Crippen LogP contribution in [-0.2, 0) is 0 Å². The SMILES string of the molecule is CCN1CCCC1CN(C)C(=O)c1ncn[nH]1. The van der Waals surface area contributed by atoms with Crippen molar-refractivity contribution in [3.63, 3.8) is 0 Å². The summed E-state index contributed by atoms with van der Waals surface area (Å²) in [4.78, 5) is 20.0. The van der Waals surface area contributed by atoms with E-state index in [0.29, 0.717) is 11.9 Å². The number of aromatic amines is 1. The fourth-order valence-electron chi connectivity index (χ4n) is 2.41. The Morgan fingerprint density at radius 2 is 2.53 bits per heavy atom. The van der Waals surface area contributed by atoms with Gasteiger partial charge in [0.25, 0.3) is 5.91 Å². The summed E-state index contributed by atoms with van der Waals surface area (Å²) < 4.78 is 0. The van der Waals surface area contributed by atoms with E-state index in [0.717, 1.165) is 19.6 Å². The third-order valence-electron chi connectivity index (χ3n) is 3.35. The van der Waals surface area contributed by atoms with Crippen molar-refractivity contribution >= 4 is 5.91 Å². The Kier molecular flexibility index (Phi) is 3.73. The Hall–Kier alpha value is -1.43. The van der Waals surface area contributed by atoms with Gasteiger partial charge in [-0.05, 0) is 25.9 Å². The van der Waals surface area contributed by atoms with E-state index in [1.165, 1.54) is 19.2 Å². The molecule has 1 aromatic rings. The van der Waals surface area contributed by atoms with E-state index in [1.54, 1.807) is 4.90 Å². The highest BCUT2D eigenvalue weighted by Gasteiger charge is 2.26. The lowest BCUT2D eigenvalue weighted by Crippen LogP contribution is -2.41. The predicted molar refractivity (Wildman–Crippen MR) is 63.6 cm³/mol. The van der Waals surface area contributed by atoms with Gasteiger partial charge in [0.1, 0.15) is 6.33 Å². The van der Waals surface area contributed by atoms with Crippen molar-refractivity contribution in [3.05, 3.63) is 12.2 Å². The molecule has 1 N–H and O–H groups in total. The molecule has 0 spiro atoms. The number of carbonyl (C=O) groups is 1. The number of aromatic nitrogens is 3. The third-order valence-corrected chi connectivity index (χ3v) is 3.35. The van der Waals surface area contributed by atoms with Crippen molar-refractivity contribution in [2.75, 3.05) is 26.7 Å². The summed E-state index contributed by atoms with van der Waals surface area (Å²) in [6, 6.07) is 0.483. The minimum Gasteiger partial charge on any atom is -0.337 e. The number of hydrogen-bond donors (Lipinski definition) is 1. The van der Waals surface area contributed by atoms with Gasteiger partial charge in [0.05, 0.1) is 0 Å². The topological polar surface area (TPSA) is 65.1 Å². The Labute approximate surface area is 101 Å². The maximum Gasteiger partial charge on any atom is 0.290 e. The second-order valence-corrected chi connectivity index (χ2v) is 4.44. The number of rotatable bonds is 4. The lowest BCUT2D eigenvalue weighted by Gasteiger charge is -2.27. The van der Waals surface area contributed by atoms with Gasteiger partial charge in [0, 0.05) is 19.6 Å². The highest BCUT2D eigenvalue weighted by atomic mass is 16.2. The van der Waals surface area contributed by atoms with Crippen LogP contribution >= 0.6 is 0 Å². The van der Waals surface area contributed by atoms with Gasteiger partial charge >= 0.3 is 0 Å². The summed E-state index contributed by atoms with van der Waals surface area (Å²) in [5.74, 6) is 0.221. The summed E-state index contributed by atoms with van der Waals surface area (Å²) in [7, 11) is 1.82. The van der Waals surface area contributed by atoms with Gasteiger partial charge in [-0.2, -0.15) is 5.10 Å². The molecular weight excluding hydrogens is 218 g/mol. The first-order chi connectivity index (χ1) is 8.22. The molecule has 1 aliphatic rings. The molecule has 2 rings (SSSR count). The first-order valence-electron chi connectivity index (χ1n) is 6.07. The lowest BCUT2D eigenvalue weighted by molar-refractivity contribution is 0.0743. The van der Waals surface area contributed by atoms with Crippen molar-refractivity contribution in [1.82, 2.24) is 25.0 Å². The quantitative estimate of drug-likeness (QED) is 0.821. The van der Waals surface area contributed by atoms with Gasteiger partial charge in [-0.3, -0.25) is 14.8 Å². The minimum atomic E-state index is -0.0922. The predicted octanol–water partition coefficient (Wildman–Crippen LogP) is 0.361. The van der Waals surface area contributed by atoms with E-state index in [2.05, 4.69) is 27.0 Å². The Bertz CT molecular complexity index is 364. The molecule has 1 aromatic heterocycles. The molecule has 1 atom stereocenters. The van der Waals surface area contributed by atoms with Crippen molar-refractivity contribution in [1.29, 1.82) is 0 Å². The van der Waals surface area contributed by atoms with Crippen molar-refractivity contribution < 1.29 is 4.79 Å². The van der Waals surface area contributed by atoms with Crippen LogP contribution in [0.3, 0.4) is 0 Å². The van der Waals surface area contributed by atoms with E-state index in [-0.39, 0.29) is 5.91 Å². The highest BCUT2D eigenvalue weighted by Crippen LogP contribution is 2.17. The summed E-state index contributed by atoms with van der Waals surface area (Å²) in [5, 5.41) is 6.30. The number of likely N-dealkylation sites (N-methyl/N-ethyl adjacent to an activating group) is 2. The molecule has 6 nitrogen and oxygen atoms in total. The number of likely N-dealkylation sites (tertiary alicyclic amines) is 1. The lowest BCUT2D eigenvalue weighted by atomic mass is 10.2. The first kappa shape index (κ1) is 12.0. The largest absolute Gasteiger partial charge is 0.337 e. The van der Waals surface area contributed by atoms with Crippen LogP contribution < -0.4 is 0 Å². The van der Waals surface area contributed by atoms with Gasteiger partial charge < -0.3 is 4.90 Å². The number of nitrogens with one attached hydrogen (secondary N) is 1. The van der Waals surface area contributed by atoms with Crippen LogP contribution in [0.5, 0.6) is 0 Å². The van der Waals surface area contributed by atoms with E-state index in [9.17, 15) is 4.79 Å². The molecule has 0 radical (unpaired) electrons. The molecule has 2 heterocycles. The third kappa shape index (κ3) is 2.63. The minimum absolute atomic E-state index is 0.0922. The average Bonchev–Trinajstić information content (AvgIpc) is 2.98. The van der Waals surface area contributed by atoms with E-state index >= 15 is 0 Å². The Balaban J connectivity index is 1.92. The van der Waals surface area contributed by atoms with Crippen molar-refractivity contribution in [2.45, 2.75) is 25.8 Å². The number of amides is 1. The van der Waals surface area contributed by atoms with Crippen LogP contribution in [0.1, 0.15) is 30.4 Å². The highest BCUT2D eigenvalue weighted by molar-refractivity contribution is 5.90. The fourth-order valence-corrected chi connectivity index (χ4v) is 2.41. The maximum absolute atomic E-state index is 12.0. The normalized spacial score (nSPS) is 20.7. The van der Waals surface area contributed by atoms with Gasteiger partial charge in [-0.1, -0.05) is 6.92 Å². The van der Waals surface area contributed by atoms with Gasteiger partial charge in [0.2, 0.25) is 5.82 Å². The summed E-state index contributed by atoms with van der Waals surface area (Å²) in [5.41, 5.74) is 0. The molecule has 6 heteroatoms. The second-order valence-electron chi connectivity index (χ2n) is 4.44. The molecule has 17 heavy (non-hydrogen) atoms. The molecule has 0 aromatic carbocycles. The molecule has 1 unspecified atom stereocenters. The number of hydrogen-bond acceptors (Lipinski definition) is 4. The molecule has 0 bridgehead atoms. The van der Waals surface area contributed by atoms with Crippen LogP contribution in [0, 0.1) is 0 Å². The number of carbonyl (C=O) groups excluding carboxylic acids is 1. The Morgan fingerprint density at radius 3 is 3.18 bits per heavy atom. The molecule has 1 saturated heterocycles. The van der Waals surface area contributed by atoms with Crippen LogP contribution in [-0.4, -0.2) is 63.6 Å². The average molecular weight is 237 g/mol. The van der Waals surface area contributed by atoms with Crippen LogP contribution in [0.2, 0.25) is 0 Å². The summed E-state index contributed by atoms with van der Waals surface area (Å²) in [6.45, 7) is 5.12. The molecule has 1 amide bonds. The molecule has 0 saturated carbocycles. The first-order valence-corrected chi connectivity index (χ1v) is 6.07. The summed E-state index contributed by atoms with van der Waals surface area (Å²) >= 11 is 0. The maximum atomic E-state index is 12.0. The molecular formula is C11H19N5O. The standard InChI is InChI=1S/C11H19N5O/c1-3-16-6-4-5-9(16)7-15(2)11(17)10-12-8-13-14-10/h8-9H,3-7H2,1-2H3,(H,12,13,14). The van der Waals surface area contributed by atoms with Crippen LogP contribution in [0.4, 0.5) is 0 Å². The second kappa shape index (κ2) is 5.27. The van der Waals surface area contributed by atoms with Crippen LogP contribution in [0.15, 0.2) is 6.33 Å². The fraction of sp³-hybridized carbons (Fsp3) is 0.727. The monoisotopic (exact) mass is 237 g/mol. The zero-order valence-corrected chi connectivity index (χ0v) is 10.4.